The van der Waals surface area contributed by atoms with Gasteiger partial charge in [0.15, 0.2) is 0 Å². The maximum Gasteiger partial charge on any atom is 0.240 e. The lowest BCUT2D eigenvalue weighted by Gasteiger charge is -2.41. The first kappa shape index (κ1) is 14.4. The Kier molecular flexibility index (Phi) is 5.36. The number of carbonyl (C=O) groups excluding carboxylic acids is 1. The van der Waals surface area contributed by atoms with Crippen molar-refractivity contribution in [3.05, 3.63) is 0 Å². The van der Waals surface area contributed by atoms with Crippen LogP contribution in [0.2, 0.25) is 0 Å². The molecule has 0 radical (unpaired) electrons. The van der Waals surface area contributed by atoms with E-state index in [0.717, 1.165) is 19.6 Å². The predicted molar refractivity (Wildman–Crippen MR) is 68.0 cm³/mol. The molecule has 0 spiro atoms. The minimum absolute atomic E-state index is 0.0775. The van der Waals surface area contributed by atoms with Crippen LogP contribution in [0.4, 0.5) is 0 Å². The lowest BCUT2D eigenvalue weighted by Crippen LogP contribution is -2.61. The summed E-state index contributed by atoms with van der Waals surface area (Å²) in [5.41, 5.74) is 0. The normalized spacial score (nSPS) is 25.4. The standard InChI is InChI=1S/C12H25N3O2/c1-9(10(2)17-5)15-7-6-13-8-11(15)12(16)14(3)4/h9-11,13H,6-8H2,1-5H3. The highest BCUT2D eigenvalue weighted by molar-refractivity contribution is 5.81. The summed E-state index contributed by atoms with van der Waals surface area (Å²) in [5.74, 6) is 0.160. The summed E-state index contributed by atoms with van der Waals surface area (Å²) in [6.45, 7) is 6.70. The average molecular weight is 243 g/mol. The van der Waals surface area contributed by atoms with E-state index in [0.29, 0.717) is 0 Å². The van der Waals surface area contributed by atoms with E-state index < -0.39 is 0 Å². The van der Waals surface area contributed by atoms with Crippen molar-refractivity contribution in [3.63, 3.8) is 0 Å². The van der Waals surface area contributed by atoms with Crippen molar-refractivity contribution in [3.8, 4) is 0 Å². The van der Waals surface area contributed by atoms with Crippen LogP contribution in [0.15, 0.2) is 0 Å². The lowest BCUT2D eigenvalue weighted by molar-refractivity contribution is -0.137. The fraction of sp³-hybridized carbons (Fsp3) is 0.917. The number of amides is 1. The number of hydrogen-bond donors (Lipinski definition) is 1. The molecule has 3 unspecified atom stereocenters. The third-order valence-electron chi connectivity index (χ3n) is 3.58. The van der Waals surface area contributed by atoms with Crippen LogP contribution >= 0.6 is 0 Å². The van der Waals surface area contributed by atoms with Gasteiger partial charge in [-0.05, 0) is 13.8 Å². The van der Waals surface area contributed by atoms with Crippen LogP contribution in [0.25, 0.3) is 0 Å². The van der Waals surface area contributed by atoms with Crippen LogP contribution in [0.3, 0.4) is 0 Å². The Balaban J connectivity index is 2.75. The number of nitrogens with zero attached hydrogens (tertiary/aromatic N) is 2. The van der Waals surface area contributed by atoms with Crippen molar-refractivity contribution >= 4 is 5.91 Å². The first-order valence-corrected chi connectivity index (χ1v) is 6.19. The molecule has 5 nitrogen and oxygen atoms in total. The van der Waals surface area contributed by atoms with E-state index in [-0.39, 0.29) is 24.1 Å². The minimum atomic E-state index is -0.0775. The van der Waals surface area contributed by atoms with Gasteiger partial charge in [-0.25, -0.2) is 0 Å². The second-order valence-corrected chi connectivity index (χ2v) is 4.87. The van der Waals surface area contributed by atoms with Gasteiger partial charge in [0, 0.05) is 46.9 Å². The Morgan fingerprint density at radius 1 is 1.47 bits per heavy atom. The first-order chi connectivity index (χ1) is 7.99. The Bertz CT molecular complexity index is 258. The van der Waals surface area contributed by atoms with E-state index in [2.05, 4.69) is 17.1 Å². The van der Waals surface area contributed by atoms with E-state index in [1.54, 1.807) is 26.1 Å². The molecule has 1 N–H and O–H groups in total. The molecule has 0 saturated carbocycles. The summed E-state index contributed by atoms with van der Waals surface area (Å²) in [5, 5.41) is 3.28. The fourth-order valence-corrected chi connectivity index (χ4v) is 2.20. The lowest BCUT2D eigenvalue weighted by atomic mass is 10.1. The van der Waals surface area contributed by atoms with E-state index in [4.69, 9.17) is 4.74 Å². The molecule has 0 aliphatic carbocycles. The van der Waals surface area contributed by atoms with E-state index in [9.17, 15) is 4.79 Å². The highest BCUT2D eigenvalue weighted by atomic mass is 16.5. The number of likely N-dealkylation sites (N-methyl/N-ethyl adjacent to an activating group) is 1. The van der Waals surface area contributed by atoms with Gasteiger partial charge >= 0.3 is 0 Å². The molecular formula is C12H25N3O2. The van der Waals surface area contributed by atoms with Crippen molar-refractivity contribution in [2.24, 2.45) is 0 Å². The van der Waals surface area contributed by atoms with Crippen LogP contribution in [-0.4, -0.2) is 74.7 Å². The molecule has 17 heavy (non-hydrogen) atoms. The molecule has 1 saturated heterocycles. The molecular weight excluding hydrogens is 218 g/mol. The van der Waals surface area contributed by atoms with Crippen LogP contribution in [-0.2, 0) is 9.53 Å². The van der Waals surface area contributed by atoms with E-state index >= 15 is 0 Å². The highest BCUT2D eigenvalue weighted by Gasteiger charge is 2.34. The third kappa shape index (κ3) is 3.40. The Morgan fingerprint density at radius 2 is 2.12 bits per heavy atom. The topological polar surface area (TPSA) is 44.8 Å². The molecule has 100 valence electrons. The SMILES string of the molecule is COC(C)C(C)N1CCNCC1C(=O)N(C)C. The molecule has 5 heteroatoms. The molecule has 0 aromatic rings. The number of carbonyl (C=O) groups is 1. The maximum atomic E-state index is 12.1. The molecule has 3 atom stereocenters. The zero-order valence-corrected chi connectivity index (χ0v) is 11.6. The zero-order valence-electron chi connectivity index (χ0n) is 11.6. The zero-order chi connectivity index (χ0) is 13.0. The Morgan fingerprint density at radius 3 is 2.65 bits per heavy atom. The van der Waals surface area contributed by atoms with Crippen LogP contribution in [0.5, 0.6) is 0 Å². The van der Waals surface area contributed by atoms with Gasteiger partial charge < -0.3 is 15.0 Å². The number of rotatable bonds is 4. The Hall–Kier alpha value is -0.650. The van der Waals surface area contributed by atoms with Crippen LogP contribution in [0, 0.1) is 0 Å². The molecule has 0 bridgehead atoms. The average Bonchev–Trinajstić information content (AvgIpc) is 2.35. The molecule has 1 amide bonds. The first-order valence-electron chi connectivity index (χ1n) is 6.19. The number of methoxy groups -OCH3 is 1. The van der Waals surface area contributed by atoms with E-state index in [1.165, 1.54) is 0 Å². The summed E-state index contributed by atoms with van der Waals surface area (Å²) < 4.78 is 5.37. The molecule has 1 aliphatic rings. The summed E-state index contributed by atoms with van der Waals surface area (Å²) in [6, 6.07) is 0.169. The summed E-state index contributed by atoms with van der Waals surface area (Å²) in [6.07, 6.45) is 0.130. The summed E-state index contributed by atoms with van der Waals surface area (Å²) in [7, 11) is 5.32. The summed E-state index contributed by atoms with van der Waals surface area (Å²) in [4.78, 5) is 16.0. The molecule has 0 aromatic heterocycles. The molecule has 1 fully saturated rings. The van der Waals surface area contributed by atoms with Gasteiger partial charge in [0.25, 0.3) is 0 Å². The molecule has 1 rings (SSSR count). The highest BCUT2D eigenvalue weighted by Crippen LogP contribution is 2.14. The van der Waals surface area contributed by atoms with Gasteiger partial charge in [-0.1, -0.05) is 0 Å². The van der Waals surface area contributed by atoms with Crippen molar-refractivity contribution in [2.45, 2.75) is 32.0 Å². The smallest absolute Gasteiger partial charge is 0.240 e. The maximum absolute atomic E-state index is 12.1. The second kappa shape index (κ2) is 6.33. The molecule has 1 aliphatic heterocycles. The summed E-state index contributed by atoms with van der Waals surface area (Å²) >= 11 is 0. The van der Waals surface area contributed by atoms with Crippen molar-refractivity contribution in [2.75, 3.05) is 40.8 Å². The van der Waals surface area contributed by atoms with Gasteiger partial charge in [0.2, 0.25) is 5.91 Å². The van der Waals surface area contributed by atoms with Gasteiger partial charge in [-0.3, -0.25) is 9.69 Å². The second-order valence-electron chi connectivity index (χ2n) is 4.87. The van der Waals surface area contributed by atoms with E-state index in [1.807, 2.05) is 6.92 Å². The monoisotopic (exact) mass is 243 g/mol. The third-order valence-corrected chi connectivity index (χ3v) is 3.58. The number of ether oxygens (including phenoxy) is 1. The largest absolute Gasteiger partial charge is 0.380 e. The van der Waals surface area contributed by atoms with Gasteiger partial charge in [0.1, 0.15) is 6.04 Å². The number of hydrogen-bond acceptors (Lipinski definition) is 4. The number of piperazine rings is 1. The minimum Gasteiger partial charge on any atom is -0.380 e. The molecule has 1 heterocycles. The van der Waals surface area contributed by atoms with Gasteiger partial charge in [-0.15, -0.1) is 0 Å². The van der Waals surface area contributed by atoms with Crippen molar-refractivity contribution < 1.29 is 9.53 Å². The van der Waals surface area contributed by atoms with Crippen molar-refractivity contribution in [1.29, 1.82) is 0 Å². The fourth-order valence-electron chi connectivity index (χ4n) is 2.20. The van der Waals surface area contributed by atoms with Crippen LogP contribution in [0.1, 0.15) is 13.8 Å². The van der Waals surface area contributed by atoms with Crippen molar-refractivity contribution in [1.82, 2.24) is 15.1 Å². The Labute approximate surface area is 104 Å². The van der Waals surface area contributed by atoms with Gasteiger partial charge in [0.05, 0.1) is 6.10 Å². The molecule has 0 aromatic carbocycles. The van der Waals surface area contributed by atoms with Gasteiger partial charge in [-0.2, -0.15) is 0 Å². The number of nitrogens with one attached hydrogen (secondary N) is 1. The van der Waals surface area contributed by atoms with Crippen LogP contribution < -0.4 is 5.32 Å². The predicted octanol–water partition coefficient (Wildman–Crippen LogP) is -0.228. The quantitative estimate of drug-likeness (QED) is 0.741.